The second kappa shape index (κ2) is 4.92. The summed E-state index contributed by atoms with van der Waals surface area (Å²) < 4.78 is 1.69. The molecular weight excluding hydrogens is 232 g/mol. The molecule has 0 aromatic carbocycles. The van der Waals surface area contributed by atoms with Crippen molar-refractivity contribution in [3.05, 3.63) is 18.0 Å². The monoisotopic (exact) mass is 250 g/mol. The van der Waals surface area contributed by atoms with Crippen LogP contribution in [0.3, 0.4) is 0 Å². The fourth-order valence-corrected chi connectivity index (χ4v) is 2.65. The highest BCUT2D eigenvalue weighted by atomic mass is 16.4. The number of carbonyl (C=O) groups excluding carboxylic acids is 1. The summed E-state index contributed by atoms with van der Waals surface area (Å²) in [5, 5.41) is 13.5. The summed E-state index contributed by atoms with van der Waals surface area (Å²) in [6.07, 6.45) is 7.08. The molecule has 2 rings (SSSR count). The van der Waals surface area contributed by atoms with Crippen molar-refractivity contribution in [1.82, 2.24) is 9.78 Å². The molecule has 1 saturated carbocycles. The van der Waals surface area contributed by atoms with Gasteiger partial charge in [0, 0.05) is 19.7 Å². The van der Waals surface area contributed by atoms with Crippen LogP contribution in [-0.2, 0) is 23.1 Å². The van der Waals surface area contributed by atoms with Crippen molar-refractivity contribution in [2.24, 2.45) is 12.5 Å². The van der Waals surface area contributed by atoms with E-state index in [0.29, 0.717) is 25.7 Å². The summed E-state index contributed by atoms with van der Waals surface area (Å²) in [4.78, 5) is 23.5. The molecule has 0 saturated heterocycles. The average molecular weight is 250 g/mol. The molecule has 1 aliphatic carbocycles. The van der Waals surface area contributed by atoms with Crippen molar-refractivity contribution in [2.75, 3.05) is 0 Å². The average Bonchev–Trinajstić information content (AvgIpc) is 2.74. The third kappa shape index (κ3) is 2.30. The molecule has 1 unspecified atom stereocenters. The van der Waals surface area contributed by atoms with Gasteiger partial charge in [-0.25, -0.2) is 0 Å². The molecule has 0 bridgehead atoms. The lowest BCUT2D eigenvalue weighted by Gasteiger charge is -2.31. The first-order valence-electron chi connectivity index (χ1n) is 6.29. The summed E-state index contributed by atoms with van der Waals surface area (Å²) in [6, 6.07) is 0. The number of hydrogen-bond acceptors (Lipinski definition) is 3. The van der Waals surface area contributed by atoms with Crippen LogP contribution in [0.1, 0.15) is 37.7 Å². The Bertz CT molecular complexity index is 467. The van der Waals surface area contributed by atoms with Gasteiger partial charge in [-0.15, -0.1) is 0 Å². The minimum absolute atomic E-state index is 0.106. The van der Waals surface area contributed by atoms with Crippen LogP contribution in [0.2, 0.25) is 0 Å². The smallest absolute Gasteiger partial charge is 0.317 e. The van der Waals surface area contributed by atoms with E-state index >= 15 is 0 Å². The van der Waals surface area contributed by atoms with E-state index in [1.807, 2.05) is 13.2 Å². The van der Waals surface area contributed by atoms with Crippen LogP contribution in [0.15, 0.2) is 12.4 Å². The summed E-state index contributed by atoms with van der Waals surface area (Å²) in [5.41, 5.74) is -0.176. The van der Waals surface area contributed by atoms with E-state index in [-0.39, 0.29) is 5.78 Å². The van der Waals surface area contributed by atoms with Gasteiger partial charge >= 0.3 is 5.97 Å². The lowest BCUT2D eigenvalue weighted by Crippen LogP contribution is -2.42. The van der Waals surface area contributed by atoms with Crippen LogP contribution in [0.5, 0.6) is 0 Å². The normalized spacial score (nSPS) is 24.2. The van der Waals surface area contributed by atoms with Gasteiger partial charge in [0.2, 0.25) is 0 Å². The number of carboxylic acid groups (broad SMARTS) is 1. The van der Waals surface area contributed by atoms with E-state index in [1.54, 1.807) is 10.9 Å². The highest BCUT2D eigenvalue weighted by molar-refractivity contribution is 6.03. The molecule has 1 atom stereocenters. The van der Waals surface area contributed by atoms with Gasteiger partial charge in [-0.05, 0) is 31.2 Å². The Hall–Kier alpha value is -1.65. The highest BCUT2D eigenvalue weighted by Crippen LogP contribution is 2.37. The fraction of sp³-hybridized carbons (Fsp3) is 0.615. The molecule has 1 aromatic rings. The van der Waals surface area contributed by atoms with Gasteiger partial charge in [0.1, 0.15) is 11.2 Å². The van der Waals surface area contributed by atoms with Gasteiger partial charge in [-0.3, -0.25) is 14.3 Å². The van der Waals surface area contributed by atoms with E-state index in [1.165, 1.54) is 0 Å². The van der Waals surface area contributed by atoms with Crippen LogP contribution < -0.4 is 0 Å². The van der Waals surface area contributed by atoms with E-state index < -0.39 is 11.4 Å². The number of nitrogens with zero attached hydrogens (tertiary/aromatic N) is 2. The second-order valence-corrected chi connectivity index (χ2v) is 5.04. The van der Waals surface area contributed by atoms with E-state index in [2.05, 4.69) is 5.10 Å². The zero-order valence-electron chi connectivity index (χ0n) is 10.6. The summed E-state index contributed by atoms with van der Waals surface area (Å²) in [6.45, 7) is 0. The molecule has 0 aliphatic heterocycles. The van der Waals surface area contributed by atoms with Gasteiger partial charge in [-0.2, -0.15) is 5.10 Å². The Kier molecular flexibility index (Phi) is 3.50. The molecule has 1 heterocycles. The molecule has 1 aliphatic rings. The van der Waals surface area contributed by atoms with Gasteiger partial charge in [-0.1, -0.05) is 6.42 Å². The molecule has 0 spiro atoms. The van der Waals surface area contributed by atoms with Crippen molar-refractivity contribution in [3.8, 4) is 0 Å². The molecular formula is C13H18N2O3. The number of rotatable bonds is 4. The number of aryl methyl sites for hydroxylation is 2. The minimum Gasteiger partial charge on any atom is -0.480 e. The Morgan fingerprint density at radius 3 is 2.89 bits per heavy atom. The first-order valence-corrected chi connectivity index (χ1v) is 6.29. The van der Waals surface area contributed by atoms with Crippen LogP contribution in [0.25, 0.3) is 0 Å². The number of carboxylic acids is 1. The topological polar surface area (TPSA) is 72.2 Å². The van der Waals surface area contributed by atoms with E-state index in [0.717, 1.165) is 18.4 Å². The quantitative estimate of drug-likeness (QED) is 0.823. The Morgan fingerprint density at radius 2 is 2.33 bits per heavy atom. The number of carbonyl (C=O) groups is 2. The number of Topliss-reactive ketones (excluding diaryl/α,β-unsaturated/α-hetero) is 1. The number of ketones is 1. The zero-order valence-corrected chi connectivity index (χ0v) is 10.6. The summed E-state index contributed by atoms with van der Waals surface area (Å²) >= 11 is 0. The van der Waals surface area contributed by atoms with Crippen LogP contribution in [0.4, 0.5) is 0 Å². The van der Waals surface area contributed by atoms with Crippen molar-refractivity contribution in [2.45, 2.75) is 38.5 Å². The predicted molar refractivity (Wildman–Crippen MR) is 65.1 cm³/mol. The number of aromatic nitrogens is 2. The van der Waals surface area contributed by atoms with Crippen molar-refractivity contribution in [1.29, 1.82) is 0 Å². The van der Waals surface area contributed by atoms with Crippen LogP contribution >= 0.6 is 0 Å². The second-order valence-electron chi connectivity index (χ2n) is 5.04. The standard InChI is InChI=1S/C13H18N2O3/c1-15-9-10(8-14-15)5-7-13(12(17)18)6-3-2-4-11(13)16/h8-9H,2-7H2,1H3,(H,17,18). The van der Waals surface area contributed by atoms with Gasteiger partial charge in [0.15, 0.2) is 0 Å². The SMILES string of the molecule is Cn1cc(CCC2(C(=O)O)CCCCC2=O)cn1. The summed E-state index contributed by atoms with van der Waals surface area (Å²) in [7, 11) is 1.82. The lowest BCUT2D eigenvalue weighted by molar-refractivity contribution is -0.157. The zero-order chi connectivity index (χ0) is 13.2. The van der Waals surface area contributed by atoms with Crippen molar-refractivity contribution >= 4 is 11.8 Å². The van der Waals surface area contributed by atoms with E-state index in [4.69, 9.17) is 0 Å². The molecule has 5 heteroatoms. The van der Waals surface area contributed by atoms with Gasteiger partial charge in [0.25, 0.3) is 0 Å². The van der Waals surface area contributed by atoms with Crippen molar-refractivity contribution < 1.29 is 14.7 Å². The molecule has 5 nitrogen and oxygen atoms in total. The van der Waals surface area contributed by atoms with Gasteiger partial charge in [0.05, 0.1) is 6.20 Å². The molecule has 98 valence electrons. The number of aliphatic carboxylic acids is 1. The maximum atomic E-state index is 12.0. The first-order chi connectivity index (χ1) is 8.54. The van der Waals surface area contributed by atoms with Crippen LogP contribution in [0, 0.1) is 5.41 Å². The Balaban J connectivity index is 2.11. The molecule has 1 aromatic heterocycles. The molecule has 1 N–H and O–H groups in total. The predicted octanol–water partition coefficient (Wildman–Crippen LogP) is 1.57. The van der Waals surface area contributed by atoms with Crippen molar-refractivity contribution in [3.63, 3.8) is 0 Å². The molecule has 0 amide bonds. The maximum absolute atomic E-state index is 12.0. The Morgan fingerprint density at radius 1 is 1.56 bits per heavy atom. The highest BCUT2D eigenvalue weighted by Gasteiger charge is 2.46. The first kappa shape index (κ1) is 12.8. The lowest BCUT2D eigenvalue weighted by atomic mass is 9.70. The molecule has 18 heavy (non-hydrogen) atoms. The largest absolute Gasteiger partial charge is 0.480 e. The Labute approximate surface area is 106 Å². The maximum Gasteiger partial charge on any atom is 0.317 e. The number of hydrogen-bond donors (Lipinski definition) is 1. The third-order valence-corrected chi connectivity index (χ3v) is 3.80. The third-order valence-electron chi connectivity index (χ3n) is 3.80. The minimum atomic E-state index is -1.16. The van der Waals surface area contributed by atoms with Crippen LogP contribution in [-0.4, -0.2) is 26.6 Å². The molecule has 0 radical (unpaired) electrons. The molecule has 1 fully saturated rings. The van der Waals surface area contributed by atoms with E-state index in [9.17, 15) is 14.7 Å². The van der Waals surface area contributed by atoms with Gasteiger partial charge < -0.3 is 5.11 Å². The summed E-state index contributed by atoms with van der Waals surface area (Å²) in [5.74, 6) is -1.07. The fourth-order valence-electron chi connectivity index (χ4n) is 2.65.